The van der Waals surface area contributed by atoms with Crippen LogP contribution >= 0.6 is 0 Å². The minimum Gasteiger partial charge on any atom is -0.388 e. The highest BCUT2D eigenvalue weighted by molar-refractivity contribution is 5.98. The largest absolute Gasteiger partial charge is 0.388 e. The molecule has 0 aromatic carbocycles. The second-order valence-electron chi connectivity index (χ2n) is 3.98. The van der Waals surface area contributed by atoms with Crippen LogP contribution in [-0.2, 0) is 14.3 Å². The van der Waals surface area contributed by atoms with Crippen LogP contribution in [0, 0.1) is 0 Å². The third-order valence-electron chi connectivity index (χ3n) is 2.65. The Bertz CT molecular complexity index is 284. The Morgan fingerprint density at radius 2 is 1.87 bits per heavy atom. The van der Waals surface area contributed by atoms with Crippen LogP contribution in [0.15, 0.2) is 12.2 Å². The molecule has 0 spiro atoms. The van der Waals surface area contributed by atoms with Crippen molar-refractivity contribution in [3.8, 4) is 0 Å². The third kappa shape index (κ3) is 3.16. The topological polar surface area (TPSA) is 46.6 Å². The highest BCUT2D eigenvalue weighted by Gasteiger charge is 2.36. The first-order valence-electron chi connectivity index (χ1n) is 4.85. The first kappa shape index (κ1) is 13.8. The van der Waals surface area contributed by atoms with E-state index in [4.69, 9.17) is 4.74 Å². The Hall–Kier alpha value is -1.16. The zero-order valence-corrected chi connectivity index (χ0v) is 10.1. The fourth-order valence-corrected chi connectivity index (χ4v) is 0.924. The highest BCUT2D eigenvalue weighted by atomic mass is 16.6. The van der Waals surface area contributed by atoms with Crippen LogP contribution in [0.25, 0.3) is 0 Å². The number of likely N-dealkylation sites (N-methyl/N-ethyl adjacent to an activating group) is 1. The van der Waals surface area contributed by atoms with Gasteiger partial charge in [-0.15, -0.1) is 0 Å². The lowest BCUT2D eigenvalue weighted by atomic mass is 9.98. The molecule has 0 saturated heterocycles. The summed E-state index contributed by atoms with van der Waals surface area (Å²) in [5, 5.41) is 0. The van der Waals surface area contributed by atoms with Gasteiger partial charge in [0.15, 0.2) is 0 Å². The van der Waals surface area contributed by atoms with Crippen molar-refractivity contribution in [2.45, 2.75) is 32.7 Å². The van der Waals surface area contributed by atoms with Crippen LogP contribution in [0.4, 0.5) is 0 Å². The fraction of sp³-hybridized carbons (Fsp3) is 0.636. The van der Waals surface area contributed by atoms with E-state index in [0.29, 0.717) is 6.42 Å². The molecule has 0 rings (SSSR count). The van der Waals surface area contributed by atoms with E-state index in [2.05, 4.69) is 6.58 Å². The predicted octanol–water partition coefficient (Wildman–Crippen LogP) is 1.36. The Morgan fingerprint density at radius 1 is 1.40 bits per heavy atom. The number of carbonyl (C=O) groups is 2. The summed E-state index contributed by atoms with van der Waals surface area (Å²) < 4.78 is 4.71. The van der Waals surface area contributed by atoms with Crippen LogP contribution < -0.4 is 0 Å². The van der Waals surface area contributed by atoms with Gasteiger partial charge in [-0.1, -0.05) is 13.5 Å². The van der Waals surface area contributed by atoms with Crippen LogP contribution in [0.5, 0.6) is 0 Å². The molecule has 0 amide bonds. The van der Waals surface area contributed by atoms with E-state index in [1.165, 1.54) is 6.92 Å². The van der Waals surface area contributed by atoms with Crippen LogP contribution in [0.2, 0.25) is 0 Å². The first-order valence-corrected chi connectivity index (χ1v) is 4.85. The van der Waals surface area contributed by atoms with Crippen LogP contribution in [0.3, 0.4) is 0 Å². The second kappa shape index (κ2) is 5.07. The number of esters is 2. The molecule has 1 unspecified atom stereocenters. The first-order chi connectivity index (χ1) is 6.75. The van der Waals surface area contributed by atoms with Gasteiger partial charge in [0.25, 0.3) is 0 Å². The van der Waals surface area contributed by atoms with E-state index in [0.717, 1.165) is 0 Å². The normalized spacial score (nSPS) is 14.5. The SMILES string of the molecule is C=C(C)C(=O)OC(=O)C(C)(CC)N(C)C. The Labute approximate surface area is 90.9 Å². The summed E-state index contributed by atoms with van der Waals surface area (Å²) in [5.74, 6) is -1.20. The monoisotopic (exact) mass is 213 g/mol. The number of hydrogen-bond acceptors (Lipinski definition) is 4. The zero-order valence-electron chi connectivity index (χ0n) is 10.1. The predicted molar refractivity (Wildman–Crippen MR) is 58.3 cm³/mol. The second-order valence-corrected chi connectivity index (χ2v) is 3.98. The van der Waals surface area contributed by atoms with E-state index in [9.17, 15) is 9.59 Å². The van der Waals surface area contributed by atoms with Gasteiger partial charge in [0, 0.05) is 5.57 Å². The Morgan fingerprint density at radius 3 is 2.13 bits per heavy atom. The summed E-state index contributed by atoms with van der Waals surface area (Å²) in [4.78, 5) is 24.6. The zero-order chi connectivity index (χ0) is 12.2. The van der Waals surface area contributed by atoms with Crippen molar-refractivity contribution in [2.75, 3.05) is 14.1 Å². The van der Waals surface area contributed by atoms with E-state index >= 15 is 0 Å². The standard InChI is InChI=1S/C11H19NO3/c1-7-11(4,12(5)6)10(14)15-9(13)8(2)3/h2,7H2,1,3-6H3. The van der Waals surface area contributed by atoms with E-state index in [1.54, 1.807) is 25.9 Å². The van der Waals surface area contributed by atoms with Crippen LogP contribution in [0.1, 0.15) is 27.2 Å². The molecule has 0 N–H and O–H groups in total. The molecule has 0 aliphatic rings. The fourth-order valence-electron chi connectivity index (χ4n) is 0.924. The summed E-state index contributed by atoms with van der Waals surface area (Å²) in [6.45, 7) is 8.53. The molecule has 0 aliphatic heterocycles. The lowest BCUT2D eigenvalue weighted by Crippen LogP contribution is -2.49. The van der Waals surface area contributed by atoms with E-state index in [1.807, 2.05) is 6.92 Å². The maximum Gasteiger partial charge on any atom is 0.340 e. The van der Waals surface area contributed by atoms with Gasteiger partial charge < -0.3 is 4.74 Å². The summed E-state index contributed by atoms with van der Waals surface area (Å²) in [6, 6.07) is 0. The van der Waals surface area contributed by atoms with Crippen molar-refractivity contribution in [1.82, 2.24) is 4.90 Å². The van der Waals surface area contributed by atoms with Crippen molar-refractivity contribution >= 4 is 11.9 Å². The lowest BCUT2D eigenvalue weighted by molar-refractivity contribution is -0.165. The molecule has 1 atom stereocenters. The van der Waals surface area contributed by atoms with Crippen molar-refractivity contribution in [3.05, 3.63) is 12.2 Å². The quantitative estimate of drug-likeness (QED) is 0.402. The van der Waals surface area contributed by atoms with Crippen LogP contribution in [-0.4, -0.2) is 36.5 Å². The molecule has 0 radical (unpaired) electrons. The summed E-state index contributed by atoms with van der Waals surface area (Å²) in [6.07, 6.45) is 0.572. The molecule has 0 heterocycles. The van der Waals surface area contributed by atoms with Gasteiger partial charge in [0.05, 0.1) is 0 Å². The summed E-state index contributed by atoms with van der Waals surface area (Å²) >= 11 is 0. The maximum absolute atomic E-state index is 11.7. The summed E-state index contributed by atoms with van der Waals surface area (Å²) in [7, 11) is 3.55. The molecule has 0 saturated carbocycles. The molecule has 4 heteroatoms. The minimum absolute atomic E-state index is 0.223. The van der Waals surface area contributed by atoms with E-state index in [-0.39, 0.29) is 5.57 Å². The molecule has 86 valence electrons. The van der Waals surface area contributed by atoms with Gasteiger partial charge in [-0.2, -0.15) is 0 Å². The molecule has 15 heavy (non-hydrogen) atoms. The molecule has 0 aliphatic carbocycles. The van der Waals surface area contributed by atoms with Gasteiger partial charge in [-0.25, -0.2) is 9.59 Å². The molecule has 4 nitrogen and oxygen atoms in total. The number of carbonyl (C=O) groups excluding carboxylic acids is 2. The van der Waals surface area contributed by atoms with Crippen molar-refractivity contribution in [2.24, 2.45) is 0 Å². The number of ether oxygens (including phenoxy) is 1. The number of rotatable bonds is 4. The highest BCUT2D eigenvalue weighted by Crippen LogP contribution is 2.18. The van der Waals surface area contributed by atoms with Crippen molar-refractivity contribution in [1.29, 1.82) is 0 Å². The van der Waals surface area contributed by atoms with Gasteiger partial charge in [-0.3, -0.25) is 4.90 Å². The molecular formula is C11H19NO3. The van der Waals surface area contributed by atoms with E-state index < -0.39 is 17.5 Å². The molecule has 0 aromatic heterocycles. The van der Waals surface area contributed by atoms with Gasteiger partial charge in [-0.05, 0) is 34.4 Å². The number of hydrogen-bond donors (Lipinski definition) is 0. The average molecular weight is 213 g/mol. The van der Waals surface area contributed by atoms with Crippen molar-refractivity contribution < 1.29 is 14.3 Å². The van der Waals surface area contributed by atoms with Crippen molar-refractivity contribution in [3.63, 3.8) is 0 Å². The molecule has 0 aromatic rings. The third-order valence-corrected chi connectivity index (χ3v) is 2.65. The number of nitrogens with zero attached hydrogens (tertiary/aromatic N) is 1. The Balaban J connectivity index is 4.69. The smallest absolute Gasteiger partial charge is 0.340 e. The maximum atomic E-state index is 11.7. The lowest BCUT2D eigenvalue weighted by Gasteiger charge is -2.32. The summed E-state index contributed by atoms with van der Waals surface area (Å²) in [5.41, 5.74) is -0.550. The molecular weight excluding hydrogens is 194 g/mol. The van der Waals surface area contributed by atoms with Gasteiger partial charge >= 0.3 is 11.9 Å². The van der Waals surface area contributed by atoms with Gasteiger partial charge in [0.1, 0.15) is 5.54 Å². The Kier molecular flexibility index (Phi) is 4.68. The molecule has 0 fully saturated rings. The molecule has 0 bridgehead atoms. The van der Waals surface area contributed by atoms with Gasteiger partial charge in [0.2, 0.25) is 0 Å². The average Bonchev–Trinajstić information content (AvgIpc) is 2.15. The minimum atomic E-state index is -0.773.